The molecule has 3 amide bonds. The van der Waals surface area contributed by atoms with Gasteiger partial charge in [0.1, 0.15) is 6.04 Å². The van der Waals surface area contributed by atoms with Crippen molar-refractivity contribution in [2.24, 2.45) is 23.7 Å². The van der Waals surface area contributed by atoms with Gasteiger partial charge in [-0.25, -0.2) is 0 Å². The Bertz CT molecular complexity index is 889. The summed E-state index contributed by atoms with van der Waals surface area (Å²) in [6.07, 6.45) is 8.13. The Morgan fingerprint density at radius 2 is 1.53 bits per heavy atom. The van der Waals surface area contributed by atoms with Gasteiger partial charge in [0.05, 0.1) is 11.8 Å². The Kier molecular flexibility index (Phi) is 7.87. The van der Waals surface area contributed by atoms with Gasteiger partial charge >= 0.3 is 0 Å². The molecule has 6 heteroatoms. The third-order valence-corrected chi connectivity index (χ3v) is 7.62. The monoisotopic (exact) mass is 465 g/mol. The van der Waals surface area contributed by atoms with Crippen LogP contribution in [0.5, 0.6) is 0 Å². The number of benzene rings is 1. The SMILES string of the molecule is CC(C)CC(C(=O)NCc1ccc(CN2CCC(C)CC2)cc1)N1C(=O)C2CC=CCC2C1=O. The van der Waals surface area contributed by atoms with E-state index in [0.29, 0.717) is 25.8 Å². The topological polar surface area (TPSA) is 69.7 Å². The van der Waals surface area contributed by atoms with Crippen LogP contribution in [0.1, 0.15) is 64.0 Å². The molecule has 0 saturated carbocycles. The second-order valence-electron chi connectivity index (χ2n) is 10.8. The smallest absolute Gasteiger partial charge is 0.243 e. The lowest BCUT2D eigenvalue weighted by Gasteiger charge is -2.30. The number of nitrogens with one attached hydrogen (secondary N) is 1. The normalized spacial score (nSPS) is 24.5. The van der Waals surface area contributed by atoms with Gasteiger partial charge in [0, 0.05) is 13.1 Å². The average molecular weight is 466 g/mol. The number of likely N-dealkylation sites (tertiary alicyclic amines) is 2. The van der Waals surface area contributed by atoms with Crippen LogP contribution in [0.3, 0.4) is 0 Å². The number of carbonyl (C=O) groups excluding carboxylic acids is 3. The molecule has 0 bridgehead atoms. The highest BCUT2D eigenvalue weighted by Crippen LogP contribution is 2.37. The number of carbonyl (C=O) groups is 3. The van der Waals surface area contributed by atoms with Crippen LogP contribution in [0.15, 0.2) is 36.4 Å². The zero-order chi connectivity index (χ0) is 24.2. The molecule has 3 unspecified atom stereocenters. The van der Waals surface area contributed by atoms with E-state index < -0.39 is 6.04 Å². The summed E-state index contributed by atoms with van der Waals surface area (Å²) in [5, 5.41) is 3.00. The van der Waals surface area contributed by atoms with Gasteiger partial charge in [0.15, 0.2) is 0 Å². The third-order valence-electron chi connectivity index (χ3n) is 7.62. The Morgan fingerprint density at radius 3 is 2.09 bits per heavy atom. The number of rotatable bonds is 8. The predicted octanol–water partition coefficient (Wildman–Crippen LogP) is 3.90. The first-order valence-electron chi connectivity index (χ1n) is 12.9. The summed E-state index contributed by atoms with van der Waals surface area (Å²) >= 11 is 0. The summed E-state index contributed by atoms with van der Waals surface area (Å²) in [5.74, 6) is -0.212. The fourth-order valence-corrected chi connectivity index (χ4v) is 5.46. The van der Waals surface area contributed by atoms with Crippen molar-refractivity contribution in [3.8, 4) is 0 Å². The molecule has 3 atom stereocenters. The number of hydrogen-bond acceptors (Lipinski definition) is 4. The fraction of sp³-hybridized carbons (Fsp3) is 0.607. The van der Waals surface area contributed by atoms with Gasteiger partial charge < -0.3 is 5.32 Å². The largest absolute Gasteiger partial charge is 0.350 e. The molecule has 2 aliphatic heterocycles. The minimum atomic E-state index is -0.744. The van der Waals surface area contributed by atoms with E-state index in [1.165, 1.54) is 23.3 Å². The van der Waals surface area contributed by atoms with E-state index in [1.54, 1.807) is 0 Å². The number of nitrogens with zero attached hydrogens (tertiary/aromatic N) is 2. The van der Waals surface area contributed by atoms with Crippen LogP contribution in [0.25, 0.3) is 0 Å². The summed E-state index contributed by atoms with van der Waals surface area (Å²) in [6.45, 7) is 10.0. The molecular weight excluding hydrogens is 426 g/mol. The molecule has 3 aliphatic rings. The molecule has 6 nitrogen and oxygen atoms in total. The molecule has 4 rings (SSSR count). The molecule has 2 fully saturated rings. The van der Waals surface area contributed by atoms with Gasteiger partial charge in [-0.1, -0.05) is 57.2 Å². The Balaban J connectivity index is 1.36. The van der Waals surface area contributed by atoms with Crippen molar-refractivity contribution in [2.45, 2.75) is 72.0 Å². The van der Waals surface area contributed by atoms with Crippen LogP contribution in [0.2, 0.25) is 0 Å². The second kappa shape index (κ2) is 10.9. The lowest BCUT2D eigenvalue weighted by molar-refractivity contribution is -0.148. The predicted molar refractivity (Wildman–Crippen MR) is 132 cm³/mol. The maximum atomic E-state index is 13.2. The number of allylic oxidation sites excluding steroid dienone is 2. The van der Waals surface area contributed by atoms with Crippen LogP contribution < -0.4 is 5.32 Å². The first-order valence-corrected chi connectivity index (χ1v) is 12.9. The van der Waals surface area contributed by atoms with Crippen molar-refractivity contribution in [3.63, 3.8) is 0 Å². The maximum Gasteiger partial charge on any atom is 0.243 e. The number of piperidine rings is 1. The molecule has 184 valence electrons. The molecule has 1 aliphatic carbocycles. The second-order valence-corrected chi connectivity index (χ2v) is 10.8. The average Bonchev–Trinajstić information content (AvgIpc) is 3.08. The number of fused-ring (bicyclic) bond motifs is 1. The van der Waals surface area contributed by atoms with Crippen LogP contribution >= 0.6 is 0 Å². The molecule has 2 heterocycles. The fourth-order valence-electron chi connectivity index (χ4n) is 5.46. The standard InChI is InChI=1S/C28H39N3O3/c1-19(2)16-25(31-27(33)23-6-4-5-7-24(23)28(31)34)26(32)29-17-21-8-10-22(11-9-21)18-30-14-12-20(3)13-15-30/h4-5,8-11,19-20,23-25H,6-7,12-18H2,1-3H3,(H,29,32). The van der Waals surface area contributed by atoms with Crippen molar-refractivity contribution in [1.82, 2.24) is 15.1 Å². The molecule has 0 aromatic heterocycles. The third kappa shape index (κ3) is 5.60. The zero-order valence-electron chi connectivity index (χ0n) is 20.8. The van der Waals surface area contributed by atoms with E-state index in [-0.39, 0.29) is 35.5 Å². The molecule has 1 N–H and O–H groups in total. The maximum absolute atomic E-state index is 13.2. The van der Waals surface area contributed by atoms with E-state index in [9.17, 15) is 14.4 Å². The lowest BCUT2D eigenvalue weighted by Crippen LogP contribution is -2.50. The van der Waals surface area contributed by atoms with Gasteiger partial charge in [0.2, 0.25) is 17.7 Å². The summed E-state index contributed by atoms with van der Waals surface area (Å²) in [7, 11) is 0. The van der Waals surface area contributed by atoms with Crippen LogP contribution in [0, 0.1) is 23.7 Å². The molecule has 2 saturated heterocycles. The minimum absolute atomic E-state index is 0.184. The van der Waals surface area contributed by atoms with Gasteiger partial charge in [-0.15, -0.1) is 0 Å². The molecule has 1 aromatic rings. The molecule has 0 spiro atoms. The van der Waals surface area contributed by atoms with Gasteiger partial charge in [-0.05, 0) is 68.2 Å². The highest BCUT2D eigenvalue weighted by Gasteiger charge is 2.51. The Labute approximate surface area is 203 Å². The van der Waals surface area contributed by atoms with Crippen LogP contribution in [-0.2, 0) is 27.5 Å². The quantitative estimate of drug-likeness (QED) is 0.467. The van der Waals surface area contributed by atoms with Crippen molar-refractivity contribution < 1.29 is 14.4 Å². The molecule has 34 heavy (non-hydrogen) atoms. The summed E-state index contributed by atoms with van der Waals surface area (Å²) in [6, 6.07) is 7.65. The number of amides is 3. The van der Waals surface area contributed by atoms with Crippen molar-refractivity contribution in [2.75, 3.05) is 13.1 Å². The van der Waals surface area contributed by atoms with Crippen molar-refractivity contribution in [1.29, 1.82) is 0 Å². The Hall–Kier alpha value is -2.47. The van der Waals surface area contributed by atoms with Crippen molar-refractivity contribution in [3.05, 3.63) is 47.5 Å². The van der Waals surface area contributed by atoms with E-state index in [4.69, 9.17) is 0 Å². The molecular formula is C28H39N3O3. The van der Waals surface area contributed by atoms with Gasteiger partial charge in [-0.3, -0.25) is 24.2 Å². The van der Waals surface area contributed by atoms with Crippen LogP contribution in [-0.4, -0.2) is 46.7 Å². The first-order chi connectivity index (χ1) is 16.3. The van der Waals surface area contributed by atoms with Crippen LogP contribution in [0.4, 0.5) is 0 Å². The summed E-state index contributed by atoms with van der Waals surface area (Å²) in [5.41, 5.74) is 2.30. The lowest BCUT2D eigenvalue weighted by atomic mass is 9.85. The van der Waals surface area contributed by atoms with E-state index >= 15 is 0 Å². The van der Waals surface area contributed by atoms with Crippen molar-refractivity contribution >= 4 is 17.7 Å². The number of imide groups is 1. The highest BCUT2D eigenvalue weighted by atomic mass is 16.2. The van der Waals surface area contributed by atoms with Gasteiger partial charge in [0.25, 0.3) is 0 Å². The molecule has 1 aromatic carbocycles. The first kappa shape index (κ1) is 24.6. The number of hydrogen-bond donors (Lipinski definition) is 1. The zero-order valence-corrected chi connectivity index (χ0v) is 20.8. The van der Waals surface area contributed by atoms with E-state index in [2.05, 4.69) is 41.4 Å². The Morgan fingerprint density at radius 1 is 0.971 bits per heavy atom. The van der Waals surface area contributed by atoms with E-state index in [1.807, 2.05) is 26.0 Å². The van der Waals surface area contributed by atoms with Gasteiger partial charge in [-0.2, -0.15) is 0 Å². The summed E-state index contributed by atoms with van der Waals surface area (Å²) < 4.78 is 0. The van der Waals surface area contributed by atoms with E-state index in [0.717, 1.165) is 31.1 Å². The minimum Gasteiger partial charge on any atom is -0.350 e. The molecule has 0 radical (unpaired) electrons. The highest BCUT2D eigenvalue weighted by molar-refractivity contribution is 6.08. The summed E-state index contributed by atoms with van der Waals surface area (Å²) in [4.78, 5) is 43.1.